The summed E-state index contributed by atoms with van der Waals surface area (Å²) in [6, 6.07) is 0. The van der Waals surface area contributed by atoms with Crippen LogP contribution in [-0.2, 0) is 37.7 Å². The van der Waals surface area contributed by atoms with Crippen molar-refractivity contribution in [3.05, 3.63) is 0 Å². The van der Waals surface area contributed by atoms with Crippen LogP contribution in [0.1, 0.15) is 33.1 Å². The van der Waals surface area contributed by atoms with E-state index in [2.05, 4.69) is 48.0 Å². The van der Waals surface area contributed by atoms with Gasteiger partial charge in [-0.05, 0) is 12.8 Å². The van der Waals surface area contributed by atoms with E-state index >= 15 is 0 Å². The third-order valence-electron chi connectivity index (χ3n) is 2.33. The minimum absolute atomic E-state index is 0. The smallest absolute Gasteiger partial charge is 1.00 e. The molecule has 0 spiro atoms. The maximum absolute atomic E-state index is 12.1. The second-order valence-electron chi connectivity index (χ2n) is 4.94. The zero-order valence-electron chi connectivity index (χ0n) is 19.1. The average molecular weight is 869 g/mol. The monoisotopic (exact) mass is 865 g/mol. The normalized spacial score (nSPS) is 10.8. The zero-order chi connectivity index (χ0) is 27.9. The fraction of sp³-hybridized carbons (Fsp3) is 1.00. The van der Waals surface area contributed by atoms with Gasteiger partial charge in [0.15, 0.2) is 0 Å². The number of alkyl halides is 11. The Morgan fingerprint density at radius 2 is 1.03 bits per heavy atom. The van der Waals surface area contributed by atoms with E-state index in [0.29, 0.717) is 0 Å². The molecule has 0 unspecified atom stereocenters. The predicted molar refractivity (Wildman–Crippen MR) is 115 cm³/mol. The van der Waals surface area contributed by atoms with E-state index in [1.54, 1.807) is 0 Å². The number of hydrogen-bond donors (Lipinski definition) is 1. The van der Waals surface area contributed by atoms with Crippen molar-refractivity contribution in [2.45, 2.75) is 57.3 Å². The molecule has 230 valence electrons. The summed E-state index contributed by atoms with van der Waals surface area (Å²) in [6.45, 7) is 0. The van der Waals surface area contributed by atoms with E-state index in [9.17, 15) is 52.3 Å². The summed E-state index contributed by atoms with van der Waals surface area (Å²) in [5.41, 5.74) is 0. The Morgan fingerprint density at radius 3 is 1.18 bits per heavy atom. The summed E-state index contributed by atoms with van der Waals surface area (Å²) in [5.74, 6) is -10.3. The van der Waals surface area contributed by atoms with Gasteiger partial charge in [-0.3, -0.25) is 0 Å². The van der Waals surface area contributed by atoms with Crippen molar-refractivity contribution in [3.8, 4) is 0 Å². The third-order valence-corrected chi connectivity index (χ3v) is 4.13. The minimum atomic E-state index is -5.65. The molecule has 0 aromatic carbocycles. The Kier molecular flexibility index (Phi) is 58.9. The van der Waals surface area contributed by atoms with Crippen molar-refractivity contribution in [2.75, 3.05) is 11.1 Å². The van der Waals surface area contributed by atoms with Gasteiger partial charge in [-0.2, -0.15) is 43.9 Å². The minimum Gasteiger partial charge on any atom is -1.00 e. The van der Waals surface area contributed by atoms with Crippen LogP contribution in [0.2, 0.25) is 0 Å². The molecule has 0 aromatic rings. The second kappa shape index (κ2) is 33.1. The van der Waals surface area contributed by atoms with Crippen LogP contribution in [-0.4, -0.2) is 57.9 Å². The molecule has 0 aromatic heterocycles. The van der Waals surface area contributed by atoms with Gasteiger partial charge < -0.3 is 35.4 Å². The maximum Gasteiger partial charge on any atom is 1.00 e. The Morgan fingerprint density at radius 1 is 0.821 bits per heavy atom. The molecular weight excluding hydrogens is 849 g/mol. The first kappa shape index (κ1) is 69.4. The first-order valence-corrected chi connectivity index (χ1v) is 14.6. The Labute approximate surface area is 311 Å². The van der Waals surface area contributed by atoms with E-state index in [4.69, 9.17) is 17.2 Å². The summed E-state index contributed by atoms with van der Waals surface area (Å²) in [7, 11) is 5.10. The molecule has 0 heterocycles. The van der Waals surface area contributed by atoms with Gasteiger partial charge >= 0.3 is 102 Å². The topological polar surface area (TPSA) is 137 Å². The second-order valence-corrected chi connectivity index (χ2v) is 11.6. The third kappa shape index (κ3) is 54.6. The van der Waals surface area contributed by atoms with E-state index in [-0.39, 0.29) is 120 Å². The van der Waals surface area contributed by atoms with Gasteiger partial charge in [-0.25, -0.2) is 12.6 Å². The van der Waals surface area contributed by atoms with Crippen molar-refractivity contribution in [1.29, 1.82) is 0 Å². The predicted octanol–water partition coefficient (Wildman–Crippen LogP) is -5.47. The first-order chi connectivity index (χ1) is 14.2. The van der Waals surface area contributed by atoms with Crippen LogP contribution in [0.15, 0.2) is 0 Å². The van der Waals surface area contributed by atoms with Crippen LogP contribution >= 0.6 is 48.0 Å². The van der Waals surface area contributed by atoms with Gasteiger partial charge in [0, 0.05) is 61.2 Å². The van der Waals surface area contributed by atoms with Crippen molar-refractivity contribution in [1.82, 2.24) is 0 Å². The molecule has 0 bridgehead atoms. The largest absolute Gasteiger partial charge is 1.00 e. The molecule has 0 radical (unpaired) electrons. The molecule has 0 fully saturated rings. The van der Waals surface area contributed by atoms with Gasteiger partial charge in [0.1, 0.15) is 0 Å². The van der Waals surface area contributed by atoms with Crippen LogP contribution < -0.4 is 95.0 Å². The molecule has 0 aliphatic heterocycles. The maximum atomic E-state index is 12.1. The van der Waals surface area contributed by atoms with Crippen molar-refractivity contribution >= 4 is 77.2 Å². The molecule has 0 atom stereocenters. The fourth-order valence-electron chi connectivity index (χ4n) is 1.04. The SMILES string of the molecule is C.FC(F)(F)C(F)(F)CCCBr.O.O=S(=O)(Cl)CCCC(F)(F)C(F)(F)F.O=S(Cl)Cl.O=[S-](=O)O.[Br-].[Li+].[Na+].[Na+]. The van der Waals surface area contributed by atoms with Crippen LogP contribution in [0.4, 0.5) is 43.9 Å². The van der Waals surface area contributed by atoms with Gasteiger partial charge in [-0.15, -0.1) is 0 Å². The van der Waals surface area contributed by atoms with Crippen LogP contribution in [0.5, 0.6) is 0 Å². The molecule has 0 aliphatic carbocycles. The van der Waals surface area contributed by atoms with Crippen molar-refractivity contribution in [3.63, 3.8) is 0 Å². The molecule has 39 heavy (non-hydrogen) atoms. The van der Waals surface area contributed by atoms with Crippen LogP contribution in [0.3, 0.4) is 0 Å². The van der Waals surface area contributed by atoms with Crippen molar-refractivity contribution < 1.29 is 170 Å². The molecule has 0 saturated carbocycles. The van der Waals surface area contributed by atoms with Gasteiger partial charge in [0.05, 0.1) is 5.75 Å². The Bertz CT molecular complexity index is 746. The van der Waals surface area contributed by atoms with E-state index in [1.807, 2.05) is 0 Å². The van der Waals surface area contributed by atoms with Crippen molar-refractivity contribution in [2.24, 2.45) is 0 Å². The zero-order valence-corrected chi connectivity index (χ0v) is 31.0. The van der Waals surface area contributed by atoms with Crippen LogP contribution in [0, 0.1) is 0 Å². The average Bonchev–Trinajstić information content (AvgIpc) is 2.48. The van der Waals surface area contributed by atoms with Gasteiger partial charge in [0.25, 0.3) is 0 Å². The summed E-state index contributed by atoms with van der Waals surface area (Å²) >= 11 is 2.77. The summed E-state index contributed by atoms with van der Waals surface area (Å²) < 4.78 is 171. The van der Waals surface area contributed by atoms with E-state index < -0.39 is 78.5 Å². The number of hydrogen-bond acceptors (Lipinski definition) is 6. The molecule has 0 rings (SSSR count). The number of rotatable bonds is 7. The molecule has 0 aliphatic rings. The standard InChI is InChI=1S/C5H6BrF5.C5H6ClF5O2S.CH4.BrH.Cl2OS.Li.2Na.HO3S.H2O/c6-3-1-2-4(7,8)5(9,10)11;6-14(12,13)3-1-2-4(7,8)5(9,10)11;;;1-4(2)3;;;;1-4(2)3;/h1-3H2;1-3H2;1H4;1H;;;;;(H,1,2,3);1H2/q;;;;;3*+1;-1;/p-1. The summed E-state index contributed by atoms with van der Waals surface area (Å²) in [4.78, 5) is 0. The molecular formula is C11H19Br2Cl3F10LiNa2O7S3+. The van der Waals surface area contributed by atoms with E-state index in [1.165, 1.54) is 0 Å². The van der Waals surface area contributed by atoms with Gasteiger partial charge in [0.2, 0.25) is 18.3 Å². The quantitative estimate of drug-likeness (QED) is 0.0517. The molecule has 0 saturated heterocycles. The molecule has 7 nitrogen and oxygen atoms in total. The fourth-order valence-corrected chi connectivity index (χ4v) is 2.14. The summed E-state index contributed by atoms with van der Waals surface area (Å²) in [5, 5.41) is 0.151. The van der Waals surface area contributed by atoms with E-state index in [0.717, 1.165) is 0 Å². The number of halogens is 15. The molecule has 0 amide bonds. The molecule has 3 N–H and O–H groups in total. The molecule has 28 heteroatoms. The Hall–Kier alpha value is 3.70. The first-order valence-electron chi connectivity index (χ1n) is 7.13. The van der Waals surface area contributed by atoms with Gasteiger partial charge in [-0.1, -0.05) is 23.4 Å². The summed E-state index contributed by atoms with van der Waals surface area (Å²) in [6.07, 6.45) is -14.8. The Balaban J connectivity index is -0.0000000380. The van der Waals surface area contributed by atoms with Crippen LogP contribution in [0.25, 0.3) is 0 Å².